The van der Waals surface area contributed by atoms with Crippen LogP contribution in [0.3, 0.4) is 0 Å². The summed E-state index contributed by atoms with van der Waals surface area (Å²) in [6.07, 6.45) is 2.95. The highest BCUT2D eigenvalue weighted by molar-refractivity contribution is 5.99. The Kier molecular flexibility index (Phi) is 7.98. The second kappa shape index (κ2) is 11.0. The molecule has 4 rings (SSSR count). The molecule has 1 aromatic carbocycles. The number of nitrogens with zero attached hydrogens (tertiary/aromatic N) is 3. The average molecular weight is 539 g/mol. The maximum Gasteiger partial charge on any atom is 0.278 e. The van der Waals surface area contributed by atoms with E-state index in [0.717, 1.165) is 6.42 Å². The molecule has 0 aliphatic carbocycles. The van der Waals surface area contributed by atoms with Gasteiger partial charge in [-0.15, -0.1) is 0 Å². The highest BCUT2D eigenvalue weighted by Crippen LogP contribution is 2.32. The van der Waals surface area contributed by atoms with Gasteiger partial charge >= 0.3 is 0 Å². The Morgan fingerprint density at radius 3 is 2.47 bits per heavy atom. The van der Waals surface area contributed by atoms with E-state index in [-0.39, 0.29) is 30.8 Å². The summed E-state index contributed by atoms with van der Waals surface area (Å²) < 4.78 is 62.4. The molecule has 2 aromatic rings. The van der Waals surface area contributed by atoms with E-state index >= 15 is 0 Å². The summed E-state index contributed by atoms with van der Waals surface area (Å²) >= 11 is 0. The molecule has 1 saturated heterocycles. The monoisotopic (exact) mass is 538 g/mol. The molecule has 2 amide bonds. The minimum absolute atomic E-state index is 0.0669. The van der Waals surface area contributed by atoms with Crippen molar-refractivity contribution in [2.45, 2.75) is 58.7 Å². The van der Waals surface area contributed by atoms with Gasteiger partial charge in [0.1, 0.15) is 29.7 Å². The van der Waals surface area contributed by atoms with Gasteiger partial charge in [-0.05, 0) is 26.7 Å². The number of nitrogens with one attached hydrogen (secondary N) is 1. The zero-order chi connectivity index (χ0) is 27.7. The van der Waals surface area contributed by atoms with Crippen molar-refractivity contribution in [1.29, 1.82) is 0 Å². The Labute approximate surface area is 217 Å². The van der Waals surface area contributed by atoms with Crippen molar-refractivity contribution >= 4 is 11.8 Å². The smallest absolute Gasteiger partial charge is 0.278 e. The highest BCUT2D eigenvalue weighted by Gasteiger charge is 2.43. The first-order chi connectivity index (χ1) is 18.1. The maximum absolute atomic E-state index is 14.1. The standard InChI is InChI=1S/C26H30F4N4O4/c1-4-5-6-38-24-22-26(37)32-13-34(14(2)7-16(10-27)15(32)3)33(22)12-19(23(24)35)25(36)31-11-18-20(29)8-17(28)9-21(18)30/h8-9,12,14-16H,4-7,10-11,13H2,1-3H3,(H,31,36)/t14-,15+,16+/m1/s1. The number of carbonyl (C=O) groups is 2. The van der Waals surface area contributed by atoms with Crippen molar-refractivity contribution in [3.63, 3.8) is 0 Å². The normalized spacial score (nSPS) is 20.7. The lowest BCUT2D eigenvalue weighted by Gasteiger charge is -2.42. The number of alkyl halides is 1. The number of hydrogen-bond donors (Lipinski definition) is 1. The van der Waals surface area contributed by atoms with E-state index < -0.39 is 71.0 Å². The fraction of sp³-hybridized carbons (Fsp3) is 0.500. The summed E-state index contributed by atoms with van der Waals surface area (Å²) in [5.74, 6) is -5.69. The molecule has 12 heteroatoms. The zero-order valence-electron chi connectivity index (χ0n) is 21.4. The van der Waals surface area contributed by atoms with Crippen LogP contribution in [0.5, 0.6) is 5.75 Å². The van der Waals surface area contributed by atoms with Gasteiger partial charge in [0, 0.05) is 48.4 Å². The number of pyridine rings is 1. The first kappa shape index (κ1) is 27.5. The molecule has 2 aliphatic rings. The van der Waals surface area contributed by atoms with Gasteiger partial charge in [0.15, 0.2) is 11.4 Å². The van der Waals surface area contributed by atoms with Crippen molar-refractivity contribution in [2.24, 2.45) is 5.92 Å². The van der Waals surface area contributed by atoms with E-state index in [1.54, 1.807) is 11.9 Å². The van der Waals surface area contributed by atoms with E-state index in [1.165, 1.54) is 15.8 Å². The Hall–Kier alpha value is -3.57. The second-order valence-electron chi connectivity index (χ2n) is 9.72. The van der Waals surface area contributed by atoms with Crippen LogP contribution in [0.15, 0.2) is 23.1 Å². The van der Waals surface area contributed by atoms with Crippen molar-refractivity contribution in [3.8, 4) is 5.75 Å². The molecular weight excluding hydrogens is 508 g/mol. The molecule has 1 aromatic heterocycles. The molecule has 3 heterocycles. The Morgan fingerprint density at radius 1 is 1.16 bits per heavy atom. The van der Waals surface area contributed by atoms with Crippen LogP contribution in [0, 0.1) is 23.4 Å². The van der Waals surface area contributed by atoms with Crippen LogP contribution in [-0.2, 0) is 6.54 Å². The lowest BCUT2D eigenvalue weighted by molar-refractivity contribution is 0.0568. The average Bonchev–Trinajstić information content (AvgIpc) is 2.97. The number of ether oxygens (including phenoxy) is 1. The van der Waals surface area contributed by atoms with E-state index in [2.05, 4.69) is 5.32 Å². The molecule has 3 atom stereocenters. The van der Waals surface area contributed by atoms with Crippen LogP contribution < -0.4 is 20.5 Å². The third-order valence-corrected chi connectivity index (χ3v) is 7.23. The van der Waals surface area contributed by atoms with E-state index in [4.69, 9.17) is 4.74 Å². The minimum Gasteiger partial charge on any atom is -0.487 e. The number of fused-ring (bicyclic) bond motifs is 4. The van der Waals surface area contributed by atoms with Crippen molar-refractivity contribution < 1.29 is 31.9 Å². The summed E-state index contributed by atoms with van der Waals surface area (Å²) in [5, 5.41) is 4.05. The van der Waals surface area contributed by atoms with Gasteiger partial charge in [0.05, 0.1) is 13.3 Å². The van der Waals surface area contributed by atoms with Gasteiger partial charge in [-0.1, -0.05) is 13.3 Å². The molecule has 2 aliphatic heterocycles. The van der Waals surface area contributed by atoms with Gasteiger partial charge in [0.25, 0.3) is 11.8 Å². The molecule has 206 valence electrons. The van der Waals surface area contributed by atoms with E-state index in [9.17, 15) is 31.9 Å². The summed E-state index contributed by atoms with van der Waals surface area (Å²) in [5.41, 5.74) is -1.91. The molecule has 0 spiro atoms. The lowest BCUT2D eigenvalue weighted by atomic mass is 9.95. The number of aromatic nitrogens is 1. The molecule has 0 unspecified atom stereocenters. The second-order valence-corrected chi connectivity index (χ2v) is 9.72. The molecule has 0 saturated carbocycles. The van der Waals surface area contributed by atoms with Gasteiger partial charge in [-0.25, -0.2) is 13.2 Å². The third-order valence-electron chi connectivity index (χ3n) is 7.23. The maximum atomic E-state index is 14.1. The summed E-state index contributed by atoms with van der Waals surface area (Å²) in [6.45, 7) is 4.48. The predicted molar refractivity (Wildman–Crippen MR) is 131 cm³/mol. The molecular formula is C26H30F4N4O4. The van der Waals surface area contributed by atoms with Crippen molar-refractivity contribution in [3.05, 3.63) is 62.8 Å². The van der Waals surface area contributed by atoms with Crippen LogP contribution in [0.25, 0.3) is 0 Å². The number of benzene rings is 1. The fourth-order valence-electron chi connectivity index (χ4n) is 4.89. The Bertz CT molecular complexity index is 1280. The van der Waals surface area contributed by atoms with Crippen LogP contribution >= 0.6 is 0 Å². The van der Waals surface area contributed by atoms with Crippen LogP contribution in [0.4, 0.5) is 17.6 Å². The molecule has 0 radical (unpaired) electrons. The van der Waals surface area contributed by atoms with Gasteiger partial charge in [-0.2, -0.15) is 0 Å². The topological polar surface area (TPSA) is 83.9 Å². The van der Waals surface area contributed by atoms with Gasteiger partial charge in [0.2, 0.25) is 5.43 Å². The number of unbranched alkanes of at least 4 members (excludes halogenated alkanes) is 1. The van der Waals surface area contributed by atoms with Crippen LogP contribution in [0.1, 0.15) is 66.4 Å². The number of halogens is 4. The largest absolute Gasteiger partial charge is 0.487 e. The number of carbonyl (C=O) groups excluding carboxylic acids is 2. The highest BCUT2D eigenvalue weighted by atomic mass is 19.1. The molecule has 8 nitrogen and oxygen atoms in total. The molecule has 2 bridgehead atoms. The summed E-state index contributed by atoms with van der Waals surface area (Å²) in [7, 11) is 0. The van der Waals surface area contributed by atoms with E-state index in [0.29, 0.717) is 25.0 Å². The summed E-state index contributed by atoms with van der Waals surface area (Å²) in [6, 6.07) is 0.277. The third kappa shape index (κ3) is 4.95. The molecule has 38 heavy (non-hydrogen) atoms. The lowest BCUT2D eigenvalue weighted by Crippen LogP contribution is -2.57. The van der Waals surface area contributed by atoms with Crippen LogP contribution in [0.2, 0.25) is 0 Å². The molecule has 1 N–H and O–H groups in total. The Morgan fingerprint density at radius 2 is 1.84 bits per heavy atom. The number of hydrogen-bond acceptors (Lipinski definition) is 5. The number of amides is 2. The van der Waals surface area contributed by atoms with Crippen LogP contribution in [-0.4, -0.2) is 53.4 Å². The SMILES string of the molecule is CCCCOc1c2n(cc(C(=O)NCc3c(F)cc(F)cc3F)c1=O)N1CN(C2=O)[C@@H](C)[C@H](CF)C[C@H]1C. The first-order valence-corrected chi connectivity index (χ1v) is 12.6. The number of rotatable bonds is 8. The fourth-order valence-corrected chi connectivity index (χ4v) is 4.89. The van der Waals surface area contributed by atoms with Crippen molar-refractivity contribution in [2.75, 3.05) is 25.0 Å². The van der Waals surface area contributed by atoms with Crippen molar-refractivity contribution in [1.82, 2.24) is 14.9 Å². The quantitative estimate of drug-likeness (QED) is 0.411. The molecule has 1 fully saturated rings. The summed E-state index contributed by atoms with van der Waals surface area (Å²) in [4.78, 5) is 41.6. The Balaban J connectivity index is 1.77. The van der Waals surface area contributed by atoms with E-state index in [1.807, 2.05) is 13.8 Å². The van der Waals surface area contributed by atoms with Gasteiger partial charge in [-0.3, -0.25) is 28.5 Å². The zero-order valence-corrected chi connectivity index (χ0v) is 21.4. The van der Waals surface area contributed by atoms with Gasteiger partial charge < -0.3 is 15.0 Å². The minimum atomic E-state index is -1.19. The predicted octanol–water partition coefficient (Wildman–Crippen LogP) is 3.49. The first-order valence-electron chi connectivity index (χ1n) is 12.6.